The van der Waals surface area contributed by atoms with Gasteiger partial charge < -0.3 is 14.5 Å². The first kappa shape index (κ1) is 18.4. The predicted molar refractivity (Wildman–Crippen MR) is 104 cm³/mol. The number of methoxy groups -OCH3 is 1. The molecule has 146 valence electrons. The van der Waals surface area contributed by atoms with Gasteiger partial charge in [-0.05, 0) is 54.1 Å². The highest BCUT2D eigenvalue weighted by molar-refractivity contribution is 5.94. The minimum Gasteiger partial charge on any atom is -0.497 e. The van der Waals surface area contributed by atoms with Crippen LogP contribution in [0.5, 0.6) is 5.75 Å². The normalized spacial score (nSPS) is 10.7. The summed E-state index contributed by atoms with van der Waals surface area (Å²) in [5.74, 6) is 0.696. The van der Waals surface area contributed by atoms with Gasteiger partial charge in [0, 0.05) is 12.1 Å². The number of nitrogens with zero attached hydrogens (tertiary/aromatic N) is 3. The maximum atomic E-state index is 13.1. The van der Waals surface area contributed by atoms with Crippen LogP contribution in [-0.2, 0) is 6.54 Å². The van der Waals surface area contributed by atoms with Crippen LogP contribution in [0.1, 0.15) is 16.1 Å². The molecule has 0 spiro atoms. The quantitative estimate of drug-likeness (QED) is 0.534. The number of anilines is 1. The molecule has 0 atom stereocenters. The third kappa shape index (κ3) is 4.01. The molecule has 0 aliphatic carbocycles. The molecule has 8 heteroatoms. The molecule has 0 saturated carbocycles. The fraction of sp³-hybridized carbons (Fsp3) is 0.0952. The standard InChI is InChI=1S/C21H17FN4O3/c1-28-17-10-6-15(7-11-17)19-24-21(23-13-14-4-8-16(22)9-5-14)26(25-19)20(27)18-3-2-12-29-18/h2-12H,13H2,1H3,(H,23,24,25). The van der Waals surface area contributed by atoms with Crippen molar-refractivity contribution in [1.82, 2.24) is 14.8 Å². The van der Waals surface area contributed by atoms with Crippen molar-refractivity contribution in [3.63, 3.8) is 0 Å². The van der Waals surface area contributed by atoms with Gasteiger partial charge in [0.05, 0.1) is 13.4 Å². The van der Waals surface area contributed by atoms with Gasteiger partial charge in [0.25, 0.3) is 0 Å². The molecule has 1 N–H and O–H groups in total. The maximum Gasteiger partial charge on any atom is 0.317 e. The van der Waals surface area contributed by atoms with E-state index in [9.17, 15) is 9.18 Å². The van der Waals surface area contributed by atoms with Crippen LogP contribution in [-0.4, -0.2) is 27.8 Å². The van der Waals surface area contributed by atoms with Crippen LogP contribution >= 0.6 is 0 Å². The molecule has 2 heterocycles. The first-order chi connectivity index (χ1) is 14.1. The summed E-state index contributed by atoms with van der Waals surface area (Å²) in [5.41, 5.74) is 1.55. The lowest BCUT2D eigenvalue weighted by molar-refractivity contribution is 0.0919. The van der Waals surface area contributed by atoms with E-state index in [-0.39, 0.29) is 17.5 Å². The largest absolute Gasteiger partial charge is 0.497 e. The third-order valence-electron chi connectivity index (χ3n) is 4.24. The molecule has 0 radical (unpaired) electrons. The van der Waals surface area contributed by atoms with Crippen LogP contribution in [0.4, 0.5) is 10.3 Å². The minimum atomic E-state index is -0.455. The van der Waals surface area contributed by atoms with E-state index >= 15 is 0 Å². The Labute approximate surface area is 165 Å². The molecule has 0 fully saturated rings. The maximum absolute atomic E-state index is 13.1. The van der Waals surface area contributed by atoms with Crippen LogP contribution in [0, 0.1) is 5.82 Å². The van der Waals surface area contributed by atoms with Gasteiger partial charge in [-0.25, -0.2) is 4.39 Å². The summed E-state index contributed by atoms with van der Waals surface area (Å²) in [4.78, 5) is 17.2. The number of rotatable bonds is 6. The molecule has 7 nitrogen and oxygen atoms in total. The second-order valence-corrected chi connectivity index (χ2v) is 6.16. The van der Waals surface area contributed by atoms with E-state index in [4.69, 9.17) is 9.15 Å². The number of benzene rings is 2. The van der Waals surface area contributed by atoms with E-state index in [2.05, 4.69) is 15.4 Å². The van der Waals surface area contributed by atoms with Crippen molar-refractivity contribution in [2.45, 2.75) is 6.54 Å². The van der Waals surface area contributed by atoms with Crippen molar-refractivity contribution in [1.29, 1.82) is 0 Å². The van der Waals surface area contributed by atoms with E-state index in [1.807, 2.05) is 0 Å². The van der Waals surface area contributed by atoms with Gasteiger partial charge in [-0.2, -0.15) is 9.67 Å². The summed E-state index contributed by atoms with van der Waals surface area (Å²) in [6.45, 7) is 0.340. The Balaban J connectivity index is 1.66. The zero-order valence-corrected chi connectivity index (χ0v) is 15.5. The lowest BCUT2D eigenvalue weighted by atomic mass is 10.2. The number of furan rings is 1. The van der Waals surface area contributed by atoms with Crippen LogP contribution in [0.25, 0.3) is 11.4 Å². The molecule has 4 aromatic rings. The number of nitrogens with one attached hydrogen (secondary N) is 1. The van der Waals surface area contributed by atoms with Gasteiger partial charge in [0.2, 0.25) is 5.95 Å². The van der Waals surface area contributed by atoms with Crippen LogP contribution in [0.3, 0.4) is 0 Å². The average Bonchev–Trinajstić information content (AvgIpc) is 3.43. The van der Waals surface area contributed by atoms with E-state index < -0.39 is 5.91 Å². The van der Waals surface area contributed by atoms with Gasteiger partial charge in [0.1, 0.15) is 11.6 Å². The molecule has 0 saturated heterocycles. The van der Waals surface area contributed by atoms with Gasteiger partial charge >= 0.3 is 5.91 Å². The zero-order chi connectivity index (χ0) is 20.2. The monoisotopic (exact) mass is 392 g/mol. The lowest BCUT2D eigenvalue weighted by Gasteiger charge is -2.06. The molecule has 0 aliphatic rings. The summed E-state index contributed by atoms with van der Waals surface area (Å²) in [6, 6.07) is 16.4. The van der Waals surface area contributed by atoms with Crippen molar-refractivity contribution >= 4 is 11.9 Å². The Morgan fingerprint density at radius 1 is 1.14 bits per heavy atom. The average molecular weight is 392 g/mol. The molecule has 2 aromatic carbocycles. The predicted octanol–water partition coefficient (Wildman–Crippen LogP) is 3.99. The Morgan fingerprint density at radius 2 is 1.90 bits per heavy atom. The summed E-state index contributed by atoms with van der Waals surface area (Å²) in [6.07, 6.45) is 1.42. The number of carbonyl (C=O) groups is 1. The van der Waals surface area contributed by atoms with Gasteiger partial charge in [-0.1, -0.05) is 12.1 Å². The Bertz CT molecular complexity index is 1100. The summed E-state index contributed by atoms with van der Waals surface area (Å²) >= 11 is 0. The van der Waals surface area contributed by atoms with E-state index in [0.29, 0.717) is 18.1 Å². The summed E-state index contributed by atoms with van der Waals surface area (Å²) < 4.78 is 24.6. The van der Waals surface area contributed by atoms with Crippen molar-refractivity contribution < 1.29 is 18.3 Å². The fourth-order valence-electron chi connectivity index (χ4n) is 2.72. The number of hydrogen-bond acceptors (Lipinski definition) is 6. The van der Waals surface area contributed by atoms with Gasteiger partial charge in [-0.15, -0.1) is 5.10 Å². The second kappa shape index (κ2) is 7.97. The van der Waals surface area contributed by atoms with Crippen molar-refractivity contribution in [2.75, 3.05) is 12.4 Å². The molecule has 0 bridgehead atoms. The van der Waals surface area contributed by atoms with Crippen LogP contribution in [0.15, 0.2) is 71.3 Å². The number of halogens is 1. The molecule has 0 aliphatic heterocycles. The van der Waals surface area contributed by atoms with Crippen molar-refractivity contribution in [3.8, 4) is 17.1 Å². The molecule has 4 rings (SSSR count). The van der Waals surface area contributed by atoms with Crippen LogP contribution in [0.2, 0.25) is 0 Å². The zero-order valence-electron chi connectivity index (χ0n) is 15.5. The number of aromatic nitrogens is 3. The minimum absolute atomic E-state index is 0.140. The summed E-state index contributed by atoms with van der Waals surface area (Å²) in [7, 11) is 1.58. The SMILES string of the molecule is COc1ccc(-c2nc(NCc3ccc(F)cc3)n(C(=O)c3ccco3)n2)cc1. The molecule has 0 unspecified atom stereocenters. The van der Waals surface area contributed by atoms with Crippen molar-refractivity contribution in [2.24, 2.45) is 0 Å². The number of hydrogen-bond donors (Lipinski definition) is 1. The molecule has 2 aromatic heterocycles. The molecule has 0 amide bonds. The first-order valence-electron chi connectivity index (χ1n) is 8.82. The fourth-order valence-corrected chi connectivity index (χ4v) is 2.72. The van der Waals surface area contributed by atoms with Gasteiger partial charge in [-0.3, -0.25) is 4.79 Å². The smallest absolute Gasteiger partial charge is 0.317 e. The highest BCUT2D eigenvalue weighted by Crippen LogP contribution is 2.22. The van der Waals surface area contributed by atoms with Gasteiger partial charge in [0.15, 0.2) is 11.6 Å². The summed E-state index contributed by atoms with van der Waals surface area (Å²) in [5, 5.41) is 7.44. The topological polar surface area (TPSA) is 82.2 Å². The molecule has 29 heavy (non-hydrogen) atoms. The number of ether oxygens (including phenoxy) is 1. The lowest BCUT2D eigenvalue weighted by Crippen LogP contribution is -2.17. The van der Waals surface area contributed by atoms with E-state index in [1.165, 1.54) is 18.4 Å². The molecular weight excluding hydrogens is 375 g/mol. The van der Waals surface area contributed by atoms with Crippen LogP contribution < -0.4 is 10.1 Å². The highest BCUT2D eigenvalue weighted by atomic mass is 19.1. The van der Waals surface area contributed by atoms with E-state index in [0.717, 1.165) is 15.8 Å². The Hall–Kier alpha value is -3.94. The number of carbonyl (C=O) groups excluding carboxylic acids is 1. The highest BCUT2D eigenvalue weighted by Gasteiger charge is 2.20. The Kier molecular flexibility index (Phi) is 5.07. The second-order valence-electron chi connectivity index (χ2n) is 6.16. The first-order valence-corrected chi connectivity index (χ1v) is 8.82. The van der Waals surface area contributed by atoms with Crippen molar-refractivity contribution in [3.05, 3.63) is 84.1 Å². The Morgan fingerprint density at radius 3 is 2.55 bits per heavy atom. The third-order valence-corrected chi connectivity index (χ3v) is 4.24. The molecular formula is C21H17FN4O3. The van der Waals surface area contributed by atoms with E-state index in [1.54, 1.807) is 55.6 Å².